The first-order valence-corrected chi connectivity index (χ1v) is 10.0. The lowest BCUT2D eigenvalue weighted by Crippen LogP contribution is -2.01. The van der Waals surface area contributed by atoms with Gasteiger partial charge in [-0.3, -0.25) is 4.79 Å². The molecule has 1 fully saturated rings. The summed E-state index contributed by atoms with van der Waals surface area (Å²) in [7, 11) is 0. The van der Waals surface area contributed by atoms with Gasteiger partial charge in [-0.1, -0.05) is 58.3 Å². The van der Waals surface area contributed by atoms with Crippen LogP contribution >= 0.6 is 11.8 Å². The number of thioether (sulfide) groups is 1. The van der Waals surface area contributed by atoms with E-state index in [0.29, 0.717) is 6.42 Å². The highest BCUT2D eigenvalue weighted by Crippen LogP contribution is 2.39. The first kappa shape index (κ1) is 18.9. The third kappa shape index (κ3) is 10.2. The Labute approximate surface area is 135 Å². The van der Waals surface area contributed by atoms with E-state index in [9.17, 15) is 4.79 Å². The average molecular weight is 315 g/mol. The van der Waals surface area contributed by atoms with Gasteiger partial charge in [0.05, 0.1) is 0 Å². The largest absolute Gasteiger partial charge is 0.481 e. The highest BCUT2D eigenvalue weighted by Gasteiger charge is 2.24. The van der Waals surface area contributed by atoms with Crippen LogP contribution in [-0.4, -0.2) is 21.6 Å². The van der Waals surface area contributed by atoms with Gasteiger partial charge in [-0.05, 0) is 32.1 Å². The molecule has 0 aromatic heterocycles. The summed E-state index contributed by atoms with van der Waals surface area (Å²) in [6, 6.07) is 0. The lowest BCUT2D eigenvalue weighted by molar-refractivity contribution is -0.137. The van der Waals surface area contributed by atoms with E-state index in [0.717, 1.165) is 23.3 Å². The maximum atomic E-state index is 10.5. The van der Waals surface area contributed by atoms with E-state index < -0.39 is 5.97 Å². The fourth-order valence-corrected chi connectivity index (χ4v) is 4.89. The van der Waals surface area contributed by atoms with Crippen LogP contribution in [0.3, 0.4) is 0 Å². The van der Waals surface area contributed by atoms with E-state index in [-0.39, 0.29) is 0 Å². The second-order valence-corrected chi connectivity index (χ2v) is 8.11. The molecule has 124 valence electrons. The monoisotopic (exact) mass is 314 g/mol. The van der Waals surface area contributed by atoms with Gasteiger partial charge >= 0.3 is 5.97 Å². The maximum Gasteiger partial charge on any atom is 0.303 e. The number of carbonyl (C=O) groups is 1. The van der Waals surface area contributed by atoms with Crippen LogP contribution in [0.2, 0.25) is 0 Å². The van der Waals surface area contributed by atoms with Crippen LogP contribution < -0.4 is 0 Å². The van der Waals surface area contributed by atoms with Gasteiger partial charge in [0.15, 0.2) is 0 Å². The predicted octanol–water partition coefficient (Wildman–Crippen LogP) is 6.04. The molecule has 0 aromatic carbocycles. The lowest BCUT2D eigenvalue weighted by atomic mass is 10.0. The molecule has 3 heteroatoms. The molecule has 1 aliphatic rings. The van der Waals surface area contributed by atoms with E-state index >= 15 is 0 Å². The Balaban J connectivity index is 1.89. The van der Waals surface area contributed by atoms with Crippen molar-refractivity contribution in [3.63, 3.8) is 0 Å². The van der Waals surface area contributed by atoms with Crippen molar-refractivity contribution in [3.05, 3.63) is 0 Å². The van der Waals surface area contributed by atoms with Crippen molar-refractivity contribution in [3.8, 4) is 0 Å². The van der Waals surface area contributed by atoms with Crippen molar-refractivity contribution in [2.45, 2.75) is 107 Å². The van der Waals surface area contributed by atoms with Crippen LogP contribution in [-0.2, 0) is 4.79 Å². The number of aliphatic carboxylic acids is 1. The molecule has 21 heavy (non-hydrogen) atoms. The summed E-state index contributed by atoms with van der Waals surface area (Å²) < 4.78 is 0. The van der Waals surface area contributed by atoms with E-state index in [1.807, 2.05) is 0 Å². The molecule has 1 rings (SSSR count). The van der Waals surface area contributed by atoms with Crippen LogP contribution in [0.5, 0.6) is 0 Å². The second kappa shape index (κ2) is 12.4. The molecule has 0 saturated carbocycles. The minimum absolute atomic E-state index is 0.347. The molecule has 1 aliphatic heterocycles. The summed E-state index contributed by atoms with van der Waals surface area (Å²) in [6.45, 7) is 2.27. The normalized spacial score (nSPS) is 21.8. The third-order valence-electron chi connectivity index (χ3n) is 4.49. The summed E-state index contributed by atoms with van der Waals surface area (Å²) >= 11 is 2.14. The minimum atomic E-state index is -0.645. The SMILES string of the molecule is CCCCCCCCCCC1CCC(CCCC(=O)O)S1. The molecule has 1 N–H and O–H groups in total. The van der Waals surface area contributed by atoms with Crippen molar-refractivity contribution >= 4 is 17.7 Å². The van der Waals surface area contributed by atoms with Gasteiger partial charge in [-0.25, -0.2) is 0 Å². The van der Waals surface area contributed by atoms with E-state index in [2.05, 4.69) is 18.7 Å². The van der Waals surface area contributed by atoms with E-state index in [4.69, 9.17) is 5.11 Å². The standard InChI is InChI=1S/C18H34O2S/c1-2-3-4-5-6-7-8-9-11-16-14-15-17(21-16)12-10-13-18(19)20/h16-17H,2-15H2,1H3,(H,19,20). The van der Waals surface area contributed by atoms with Gasteiger partial charge in [-0.2, -0.15) is 11.8 Å². The summed E-state index contributed by atoms with van der Waals surface area (Å²) in [5.41, 5.74) is 0. The number of hydrogen-bond donors (Lipinski definition) is 1. The maximum absolute atomic E-state index is 10.5. The van der Waals surface area contributed by atoms with Crippen LogP contribution in [0.4, 0.5) is 0 Å². The average Bonchev–Trinajstić information content (AvgIpc) is 2.89. The molecular weight excluding hydrogens is 280 g/mol. The van der Waals surface area contributed by atoms with Gasteiger partial charge < -0.3 is 5.11 Å². The first-order chi connectivity index (χ1) is 10.2. The topological polar surface area (TPSA) is 37.3 Å². The van der Waals surface area contributed by atoms with Gasteiger partial charge in [0, 0.05) is 16.9 Å². The molecule has 1 heterocycles. The fourth-order valence-electron chi connectivity index (χ4n) is 3.19. The number of carboxylic acid groups (broad SMARTS) is 1. The Morgan fingerprint density at radius 3 is 2.00 bits per heavy atom. The molecule has 0 bridgehead atoms. The Bertz CT molecular complexity index is 268. The number of carboxylic acids is 1. The zero-order chi connectivity index (χ0) is 15.3. The lowest BCUT2D eigenvalue weighted by Gasteiger charge is -2.11. The Kier molecular flexibility index (Phi) is 11.1. The van der Waals surface area contributed by atoms with Gasteiger partial charge in [0.1, 0.15) is 0 Å². The molecule has 2 atom stereocenters. The number of unbranched alkanes of at least 4 members (excludes halogenated alkanes) is 7. The third-order valence-corrected chi connectivity index (χ3v) is 6.20. The summed E-state index contributed by atoms with van der Waals surface area (Å²) in [5.74, 6) is -0.645. The van der Waals surface area contributed by atoms with Crippen molar-refractivity contribution in [2.75, 3.05) is 0 Å². The summed E-state index contributed by atoms with van der Waals surface area (Å²) in [6.07, 6.45) is 17.6. The van der Waals surface area contributed by atoms with E-state index in [1.165, 1.54) is 70.6 Å². The summed E-state index contributed by atoms with van der Waals surface area (Å²) in [5, 5.41) is 10.3. The quantitative estimate of drug-likeness (QED) is 0.421. The molecule has 1 saturated heterocycles. The molecule has 0 radical (unpaired) electrons. The highest BCUT2D eigenvalue weighted by molar-refractivity contribution is 8.00. The molecule has 0 aromatic rings. The molecule has 0 amide bonds. The molecule has 0 spiro atoms. The van der Waals surface area contributed by atoms with E-state index in [1.54, 1.807) is 0 Å². The van der Waals surface area contributed by atoms with Crippen LogP contribution in [0, 0.1) is 0 Å². The van der Waals surface area contributed by atoms with Gasteiger partial charge in [-0.15, -0.1) is 0 Å². The fraction of sp³-hybridized carbons (Fsp3) is 0.944. The molecule has 2 nitrogen and oxygen atoms in total. The van der Waals surface area contributed by atoms with Crippen LogP contribution in [0.1, 0.15) is 96.8 Å². The predicted molar refractivity (Wildman–Crippen MR) is 93.1 cm³/mol. The first-order valence-electron chi connectivity index (χ1n) is 9.09. The van der Waals surface area contributed by atoms with Gasteiger partial charge in [0.2, 0.25) is 0 Å². The number of rotatable bonds is 13. The van der Waals surface area contributed by atoms with Crippen molar-refractivity contribution in [1.29, 1.82) is 0 Å². The Hall–Kier alpha value is -0.180. The van der Waals surface area contributed by atoms with Crippen molar-refractivity contribution in [1.82, 2.24) is 0 Å². The zero-order valence-corrected chi connectivity index (χ0v) is 14.6. The smallest absolute Gasteiger partial charge is 0.303 e. The molecule has 2 unspecified atom stereocenters. The van der Waals surface area contributed by atoms with Crippen LogP contribution in [0.15, 0.2) is 0 Å². The Morgan fingerprint density at radius 2 is 1.43 bits per heavy atom. The Morgan fingerprint density at radius 1 is 0.905 bits per heavy atom. The molecule has 0 aliphatic carbocycles. The zero-order valence-electron chi connectivity index (χ0n) is 13.8. The minimum Gasteiger partial charge on any atom is -0.481 e. The highest BCUT2D eigenvalue weighted by atomic mass is 32.2. The van der Waals surface area contributed by atoms with Crippen molar-refractivity contribution in [2.24, 2.45) is 0 Å². The number of hydrogen-bond acceptors (Lipinski definition) is 2. The van der Waals surface area contributed by atoms with Gasteiger partial charge in [0.25, 0.3) is 0 Å². The van der Waals surface area contributed by atoms with Crippen LogP contribution in [0.25, 0.3) is 0 Å². The second-order valence-electron chi connectivity index (χ2n) is 6.51. The molecular formula is C18H34O2S. The van der Waals surface area contributed by atoms with Crippen molar-refractivity contribution < 1.29 is 9.90 Å². The summed E-state index contributed by atoms with van der Waals surface area (Å²) in [4.78, 5) is 10.5.